The summed E-state index contributed by atoms with van der Waals surface area (Å²) in [4.78, 5) is 8.89. The van der Waals surface area contributed by atoms with Crippen LogP contribution in [0.3, 0.4) is 0 Å². The second-order valence-corrected chi connectivity index (χ2v) is 4.95. The standard InChI is InChI=1S/C15H19N5/c1-12-13(20-9-4-3-5-15(20)18-12)11-16-7-6-14-17-8-10-19(14)2/h3-5,8-10,16H,6-7,11H2,1-2H3. The van der Waals surface area contributed by atoms with Gasteiger partial charge in [-0.2, -0.15) is 0 Å². The van der Waals surface area contributed by atoms with Crippen molar-refractivity contribution in [1.82, 2.24) is 24.3 Å². The number of rotatable bonds is 5. The zero-order chi connectivity index (χ0) is 13.9. The maximum Gasteiger partial charge on any atom is 0.137 e. The van der Waals surface area contributed by atoms with Gasteiger partial charge in [0.15, 0.2) is 0 Å². The Morgan fingerprint density at radius 2 is 2.15 bits per heavy atom. The number of aryl methyl sites for hydroxylation is 2. The molecule has 3 heterocycles. The Hall–Kier alpha value is -2.14. The van der Waals surface area contributed by atoms with E-state index in [4.69, 9.17) is 0 Å². The van der Waals surface area contributed by atoms with Crippen LogP contribution in [0, 0.1) is 6.92 Å². The molecule has 0 amide bonds. The number of hydrogen-bond donors (Lipinski definition) is 1. The van der Waals surface area contributed by atoms with Gasteiger partial charge in [-0.25, -0.2) is 9.97 Å². The molecule has 20 heavy (non-hydrogen) atoms. The summed E-state index contributed by atoms with van der Waals surface area (Å²) in [7, 11) is 2.02. The number of nitrogens with one attached hydrogen (secondary N) is 1. The predicted octanol–water partition coefficient (Wildman–Crippen LogP) is 1.71. The maximum absolute atomic E-state index is 4.56. The van der Waals surface area contributed by atoms with Crippen molar-refractivity contribution in [3.05, 3.63) is 54.0 Å². The minimum absolute atomic E-state index is 0.821. The average Bonchev–Trinajstić information content (AvgIpc) is 2.98. The smallest absolute Gasteiger partial charge is 0.137 e. The predicted molar refractivity (Wildman–Crippen MR) is 78.5 cm³/mol. The number of imidazole rings is 2. The highest BCUT2D eigenvalue weighted by molar-refractivity contribution is 5.42. The summed E-state index contributed by atoms with van der Waals surface area (Å²) >= 11 is 0. The van der Waals surface area contributed by atoms with E-state index in [9.17, 15) is 0 Å². The third-order valence-electron chi connectivity index (χ3n) is 3.57. The van der Waals surface area contributed by atoms with Crippen LogP contribution in [0.25, 0.3) is 5.65 Å². The van der Waals surface area contributed by atoms with Gasteiger partial charge in [-0.15, -0.1) is 0 Å². The molecular weight excluding hydrogens is 250 g/mol. The molecule has 0 bridgehead atoms. The van der Waals surface area contributed by atoms with E-state index in [-0.39, 0.29) is 0 Å². The van der Waals surface area contributed by atoms with Crippen LogP contribution < -0.4 is 5.32 Å². The first-order valence-electron chi connectivity index (χ1n) is 6.85. The Morgan fingerprint density at radius 3 is 2.95 bits per heavy atom. The summed E-state index contributed by atoms with van der Waals surface area (Å²) in [6.45, 7) is 3.79. The van der Waals surface area contributed by atoms with Gasteiger partial charge in [-0.05, 0) is 19.1 Å². The molecule has 3 rings (SSSR count). The summed E-state index contributed by atoms with van der Waals surface area (Å²) < 4.78 is 4.20. The van der Waals surface area contributed by atoms with E-state index in [0.29, 0.717) is 0 Å². The first-order valence-corrected chi connectivity index (χ1v) is 6.85. The lowest BCUT2D eigenvalue weighted by molar-refractivity contribution is 0.642. The third kappa shape index (κ3) is 2.44. The summed E-state index contributed by atoms with van der Waals surface area (Å²) in [6, 6.07) is 6.08. The third-order valence-corrected chi connectivity index (χ3v) is 3.57. The van der Waals surface area contributed by atoms with Crippen molar-refractivity contribution in [3.8, 4) is 0 Å². The van der Waals surface area contributed by atoms with Crippen LogP contribution in [0.2, 0.25) is 0 Å². The molecule has 0 aliphatic heterocycles. The van der Waals surface area contributed by atoms with Gasteiger partial charge in [0.05, 0.1) is 11.4 Å². The monoisotopic (exact) mass is 269 g/mol. The minimum atomic E-state index is 0.821. The fourth-order valence-electron chi connectivity index (χ4n) is 2.42. The molecule has 5 heteroatoms. The topological polar surface area (TPSA) is 47.1 Å². The van der Waals surface area contributed by atoms with Gasteiger partial charge in [-0.1, -0.05) is 6.07 Å². The molecule has 0 fully saturated rings. The number of nitrogens with zero attached hydrogens (tertiary/aromatic N) is 4. The summed E-state index contributed by atoms with van der Waals surface area (Å²) in [6.07, 6.45) is 6.80. The first kappa shape index (κ1) is 12.9. The van der Waals surface area contributed by atoms with Crippen LogP contribution >= 0.6 is 0 Å². The van der Waals surface area contributed by atoms with Gasteiger partial charge >= 0.3 is 0 Å². The number of aromatic nitrogens is 4. The lowest BCUT2D eigenvalue weighted by atomic mass is 10.3. The Morgan fingerprint density at radius 1 is 1.25 bits per heavy atom. The molecule has 0 radical (unpaired) electrons. The SMILES string of the molecule is Cc1nc2ccccn2c1CNCCc1nccn1C. The Bertz CT molecular complexity index is 710. The van der Waals surface area contributed by atoms with Crippen molar-refractivity contribution in [2.75, 3.05) is 6.54 Å². The van der Waals surface area contributed by atoms with Crippen molar-refractivity contribution in [2.24, 2.45) is 7.05 Å². The molecule has 3 aromatic heterocycles. The molecule has 104 valence electrons. The molecule has 3 aromatic rings. The van der Waals surface area contributed by atoms with E-state index in [1.807, 2.05) is 37.6 Å². The quantitative estimate of drug-likeness (QED) is 0.717. The molecule has 0 saturated carbocycles. The van der Waals surface area contributed by atoms with Crippen molar-refractivity contribution >= 4 is 5.65 Å². The second kappa shape index (κ2) is 5.46. The number of hydrogen-bond acceptors (Lipinski definition) is 3. The maximum atomic E-state index is 4.56. The molecular formula is C15H19N5. The molecule has 0 unspecified atom stereocenters. The second-order valence-electron chi connectivity index (χ2n) is 4.95. The van der Waals surface area contributed by atoms with Crippen LogP contribution in [0.15, 0.2) is 36.8 Å². The lowest BCUT2D eigenvalue weighted by Crippen LogP contribution is -2.19. The van der Waals surface area contributed by atoms with Crippen LogP contribution in [0.1, 0.15) is 17.2 Å². The van der Waals surface area contributed by atoms with Gasteiger partial charge in [0.2, 0.25) is 0 Å². The van der Waals surface area contributed by atoms with Crippen molar-refractivity contribution in [2.45, 2.75) is 19.9 Å². The molecule has 0 spiro atoms. The summed E-state index contributed by atoms with van der Waals surface area (Å²) in [5.41, 5.74) is 3.31. The van der Waals surface area contributed by atoms with Crippen LogP contribution in [0.5, 0.6) is 0 Å². The van der Waals surface area contributed by atoms with E-state index in [1.165, 1.54) is 5.69 Å². The van der Waals surface area contributed by atoms with Crippen molar-refractivity contribution in [1.29, 1.82) is 0 Å². The number of pyridine rings is 1. The first-order chi connectivity index (χ1) is 9.75. The zero-order valence-corrected chi connectivity index (χ0v) is 11.9. The van der Waals surface area contributed by atoms with Crippen LogP contribution in [-0.2, 0) is 20.0 Å². The largest absolute Gasteiger partial charge is 0.338 e. The fraction of sp³-hybridized carbons (Fsp3) is 0.333. The highest BCUT2D eigenvalue weighted by atomic mass is 15.1. The lowest BCUT2D eigenvalue weighted by Gasteiger charge is -2.06. The fourth-order valence-corrected chi connectivity index (χ4v) is 2.42. The summed E-state index contributed by atoms with van der Waals surface area (Å²) in [5, 5.41) is 3.47. The van der Waals surface area contributed by atoms with Gasteiger partial charge < -0.3 is 14.3 Å². The van der Waals surface area contributed by atoms with E-state index in [1.54, 1.807) is 0 Å². The average molecular weight is 269 g/mol. The molecule has 5 nitrogen and oxygen atoms in total. The van der Waals surface area contributed by atoms with E-state index in [0.717, 1.165) is 36.7 Å². The molecule has 1 N–H and O–H groups in total. The van der Waals surface area contributed by atoms with Crippen molar-refractivity contribution in [3.63, 3.8) is 0 Å². The molecule has 0 saturated heterocycles. The van der Waals surface area contributed by atoms with Gasteiger partial charge in [-0.3, -0.25) is 0 Å². The van der Waals surface area contributed by atoms with Crippen LogP contribution in [-0.4, -0.2) is 25.5 Å². The highest BCUT2D eigenvalue weighted by Gasteiger charge is 2.07. The molecule has 0 atom stereocenters. The number of fused-ring (bicyclic) bond motifs is 1. The van der Waals surface area contributed by atoms with Crippen molar-refractivity contribution < 1.29 is 0 Å². The molecule has 0 aliphatic carbocycles. The van der Waals surface area contributed by atoms with Gasteiger partial charge in [0.25, 0.3) is 0 Å². The van der Waals surface area contributed by atoms with Crippen LogP contribution in [0.4, 0.5) is 0 Å². The molecule has 0 aliphatic rings. The van der Waals surface area contributed by atoms with Gasteiger partial charge in [0.1, 0.15) is 11.5 Å². The summed E-state index contributed by atoms with van der Waals surface area (Å²) in [5.74, 6) is 1.10. The Labute approximate surface area is 118 Å². The Balaban J connectivity index is 1.63. The van der Waals surface area contributed by atoms with Gasteiger partial charge in [0, 0.05) is 45.1 Å². The zero-order valence-electron chi connectivity index (χ0n) is 11.9. The van der Waals surface area contributed by atoms with E-state index in [2.05, 4.69) is 37.4 Å². The molecule has 0 aromatic carbocycles. The Kier molecular flexibility index (Phi) is 3.52. The minimum Gasteiger partial charge on any atom is -0.338 e. The normalized spacial score (nSPS) is 11.3. The van der Waals surface area contributed by atoms with E-state index < -0.39 is 0 Å². The highest BCUT2D eigenvalue weighted by Crippen LogP contribution is 2.11. The van der Waals surface area contributed by atoms with E-state index >= 15 is 0 Å².